The number of hydrogen-bond acceptors (Lipinski definition) is 3. The fraction of sp³-hybridized carbons (Fsp3) is 0.409. The molecule has 2 N–H and O–H groups in total. The standard InChI is InChI=1S/C22H27NO3/c1-22(2,15-24)12-7-13-23-21(25)26-14-20-18-10-5-3-8-16(18)17-9-4-6-11-19(17)20/h3-6,8-11,20,24H,7,12-15H2,1-2H3,(H,23,25). The van der Waals surface area contributed by atoms with Gasteiger partial charge in [0.25, 0.3) is 0 Å². The van der Waals surface area contributed by atoms with E-state index in [-0.39, 0.29) is 24.0 Å². The number of nitrogens with one attached hydrogen (secondary N) is 1. The summed E-state index contributed by atoms with van der Waals surface area (Å²) in [6.45, 7) is 5.07. The van der Waals surface area contributed by atoms with Gasteiger partial charge in [-0.15, -0.1) is 0 Å². The molecule has 3 rings (SSSR count). The Morgan fingerprint density at radius 2 is 1.65 bits per heavy atom. The van der Waals surface area contributed by atoms with Gasteiger partial charge >= 0.3 is 6.09 Å². The Balaban J connectivity index is 1.54. The molecule has 0 saturated carbocycles. The highest BCUT2D eigenvalue weighted by atomic mass is 16.5. The molecule has 0 aliphatic heterocycles. The van der Waals surface area contributed by atoms with Gasteiger partial charge in [-0.25, -0.2) is 4.79 Å². The summed E-state index contributed by atoms with van der Waals surface area (Å²) in [6, 6.07) is 16.6. The highest BCUT2D eigenvalue weighted by Gasteiger charge is 2.28. The van der Waals surface area contributed by atoms with Gasteiger partial charge in [0.2, 0.25) is 0 Å². The first kappa shape index (κ1) is 18.5. The Labute approximate surface area is 155 Å². The minimum Gasteiger partial charge on any atom is -0.449 e. The quantitative estimate of drug-likeness (QED) is 0.729. The van der Waals surface area contributed by atoms with Gasteiger partial charge in [-0.1, -0.05) is 62.4 Å². The van der Waals surface area contributed by atoms with Gasteiger partial charge in [0.05, 0.1) is 0 Å². The predicted molar refractivity (Wildman–Crippen MR) is 103 cm³/mol. The Morgan fingerprint density at radius 1 is 1.08 bits per heavy atom. The maximum absolute atomic E-state index is 12.0. The van der Waals surface area contributed by atoms with Gasteiger partial charge in [-0.05, 0) is 40.5 Å². The van der Waals surface area contributed by atoms with Gasteiger partial charge in [0, 0.05) is 19.1 Å². The number of carbonyl (C=O) groups is 1. The molecule has 26 heavy (non-hydrogen) atoms. The summed E-state index contributed by atoms with van der Waals surface area (Å²) in [5, 5.41) is 12.1. The van der Waals surface area contributed by atoms with Crippen LogP contribution in [0.5, 0.6) is 0 Å². The van der Waals surface area contributed by atoms with E-state index in [1.165, 1.54) is 22.3 Å². The van der Waals surface area contributed by atoms with Gasteiger partial charge in [-0.3, -0.25) is 0 Å². The fourth-order valence-electron chi connectivity index (χ4n) is 3.49. The third-order valence-corrected chi connectivity index (χ3v) is 5.07. The van der Waals surface area contributed by atoms with Gasteiger partial charge < -0.3 is 15.2 Å². The third-order valence-electron chi connectivity index (χ3n) is 5.07. The van der Waals surface area contributed by atoms with Crippen LogP contribution in [0.25, 0.3) is 11.1 Å². The molecule has 2 aromatic rings. The molecular weight excluding hydrogens is 326 g/mol. The van der Waals surface area contributed by atoms with E-state index < -0.39 is 0 Å². The summed E-state index contributed by atoms with van der Waals surface area (Å²) >= 11 is 0. The van der Waals surface area contributed by atoms with Crippen molar-refractivity contribution in [3.63, 3.8) is 0 Å². The molecule has 0 saturated heterocycles. The van der Waals surface area contributed by atoms with Crippen molar-refractivity contribution in [2.75, 3.05) is 19.8 Å². The normalized spacial score (nSPS) is 13.2. The number of fused-ring (bicyclic) bond motifs is 3. The minimum absolute atomic E-state index is 0.0847. The second-order valence-corrected chi connectivity index (χ2v) is 7.68. The van der Waals surface area contributed by atoms with Crippen molar-refractivity contribution in [2.24, 2.45) is 5.41 Å². The second kappa shape index (κ2) is 7.92. The largest absolute Gasteiger partial charge is 0.449 e. The average molecular weight is 353 g/mol. The van der Waals surface area contributed by atoms with Crippen LogP contribution in [0.1, 0.15) is 43.7 Å². The van der Waals surface area contributed by atoms with Gasteiger partial charge in [0.1, 0.15) is 6.61 Å². The number of carbonyl (C=O) groups excluding carboxylic acids is 1. The van der Waals surface area contributed by atoms with Gasteiger partial charge in [-0.2, -0.15) is 0 Å². The van der Waals surface area contributed by atoms with Gasteiger partial charge in [0.15, 0.2) is 0 Å². The number of rotatable bonds is 7. The van der Waals surface area contributed by atoms with Crippen LogP contribution in [0.15, 0.2) is 48.5 Å². The maximum atomic E-state index is 12.0. The summed E-state index contributed by atoms with van der Waals surface area (Å²) in [5.41, 5.74) is 4.77. The summed E-state index contributed by atoms with van der Waals surface area (Å²) in [7, 11) is 0. The van der Waals surface area contributed by atoms with Crippen molar-refractivity contribution in [1.82, 2.24) is 5.32 Å². The molecular formula is C22H27NO3. The maximum Gasteiger partial charge on any atom is 0.407 e. The van der Waals surface area contributed by atoms with E-state index in [0.717, 1.165) is 12.8 Å². The molecule has 4 heteroatoms. The Kier molecular flexibility index (Phi) is 5.62. The van der Waals surface area contributed by atoms with E-state index in [0.29, 0.717) is 13.2 Å². The number of ether oxygens (including phenoxy) is 1. The zero-order chi connectivity index (χ0) is 18.6. The van der Waals surface area contributed by atoms with E-state index in [9.17, 15) is 9.90 Å². The van der Waals surface area contributed by atoms with E-state index >= 15 is 0 Å². The summed E-state index contributed by atoms with van der Waals surface area (Å²) in [6.07, 6.45) is 1.29. The van der Waals surface area contributed by atoms with Crippen molar-refractivity contribution in [1.29, 1.82) is 0 Å². The van der Waals surface area contributed by atoms with Crippen LogP contribution in [0.3, 0.4) is 0 Å². The van der Waals surface area contributed by atoms with Crippen LogP contribution in [-0.2, 0) is 4.74 Å². The smallest absolute Gasteiger partial charge is 0.407 e. The molecule has 0 radical (unpaired) electrons. The second-order valence-electron chi connectivity index (χ2n) is 7.68. The number of aliphatic hydroxyl groups is 1. The lowest BCUT2D eigenvalue weighted by Gasteiger charge is -2.21. The van der Waals surface area contributed by atoms with Crippen molar-refractivity contribution < 1.29 is 14.6 Å². The molecule has 2 aromatic carbocycles. The first-order chi connectivity index (χ1) is 12.5. The zero-order valence-electron chi connectivity index (χ0n) is 15.5. The lowest BCUT2D eigenvalue weighted by molar-refractivity contribution is 0.137. The molecule has 1 aliphatic carbocycles. The van der Waals surface area contributed by atoms with Crippen LogP contribution < -0.4 is 5.32 Å². The lowest BCUT2D eigenvalue weighted by Crippen LogP contribution is -2.28. The van der Waals surface area contributed by atoms with Crippen molar-refractivity contribution in [2.45, 2.75) is 32.6 Å². The predicted octanol–water partition coefficient (Wildman–Crippen LogP) is 4.32. The molecule has 0 fully saturated rings. The number of benzene rings is 2. The van der Waals surface area contributed by atoms with Crippen LogP contribution >= 0.6 is 0 Å². The number of hydrogen-bond donors (Lipinski definition) is 2. The SMILES string of the molecule is CC(C)(CO)CCCNC(=O)OCC1c2ccccc2-c2ccccc21. The summed E-state index contributed by atoms with van der Waals surface area (Å²) in [5.74, 6) is 0.0847. The Morgan fingerprint density at radius 3 is 2.23 bits per heavy atom. The zero-order valence-corrected chi connectivity index (χ0v) is 15.5. The Bertz CT molecular complexity index is 724. The van der Waals surface area contributed by atoms with Crippen LogP contribution in [0.2, 0.25) is 0 Å². The highest BCUT2D eigenvalue weighted by molar-refractivity contribution is 5.79. The van der Waals surface area contributed by atoms with E-state index in [2.05, 4.69) is 29.6 Å². The molecule has 0 aromatic heterocycles. The highest BCUT2D eigenvalue weighted by Crippen LogP contribution is 2.44. The lowest BCUT2D eigenvalue weighted by atomic mass is 9.89. The number of amides is 1. The average Bonchev–Trinajstić information content (AvgIpc) is 2.98. The summed E-state index contributed by atoms with van der Waals surface area (Å²) in [4.78, 5) is 12.0. The molecule has 0 spiro atoms. The topological polar surface area (TPSA) is 58.6 Å². The molecule has 138 valence electrons. The monoisotopic (exact) mass is 353 g/mol. The molecule has 0 unspecified atom stereocenters. The molecule has 0 heterocycles. The minimum atomic E-state index is -0.381. The van der Waals surface area contributed by atoms with Crippen LogP contribution in [-0.4, -0.2) is 31.0 Å². The number of alkyl carbamates (subject to hydrolysis) is 1. The molecule has 1 amide bonds. The first-order valence-corrected chi connectivity index (χ1v) is 9.21. The Hall–Kier alpha value is -2.33. The van der Waals surface area contributed by atoms with Crippen molar-refractivity contribution >= 4 is 6.09 Å². The number of aliphatic hydroxyl groups excluding tert-OH is 1. The third kappa shape index (κ3) is 4.07. The molecule has 0 bridgehead atoms. The van der Waals surface area contributed by atoms with E-state index in [1.54, 1.807) is 0 Å². The van der Waals surface area contributed by atoms with Crippen LogP contribution in [0, 0.1) is 5.41 Å². The van der Waals surface area contributed by atoms with Crippen LogP contribution in [0.4, 0.5) is 4.79 Å². The van der Waals surface area contributed by atoms with Crippen molar-refractivity contribution in [3.8, 4) is 11.1 Å². The van der Waals surface area contributed by atoms with E-state index in [4.69, 9.17) is 4.74 Å². The molecule has 1 aliphatic rings. The molecule has 4 nitrogen and oxygen atoms in total. The summed E-state index contributed by atoms with van der Waals surface area (Å²) < 4.78 is 5.50. The van der Waals surface area contributed by atoms with E-state index in [1.807, 2.05) is 38.1 Å². The van der Waals surface area contributed by atoms with Crippen molar-refractivity contribution in [3.05, 3.63) is 59.7 Å². The fourth-order valence-corrected chi connectivity index (χ4v) is 3.49. The first-order valence-electron chi connectivity index (χ1n) is 9.21. The molecule has 0 atom stereocenters.